The second-order valence-corrected chi connectivity index (χ2v) is 6.77. The van der Waals surface area contributed by atoms with Crippen LogP contribution in [0.25, 0.3) is 0 Å². The minimum Gasteiger partial charge on any atom is -0.479 e. The van der Waals surface area contributed by atoms with Gasteiger partial charge in [0.2, 0.25) is 11.9 Å². The Balaban J connectivity index is 2.01. The molecule has 25 heavy (non-hydrogen) atoms. The number of nitrogens with zero attached hydrogens (tertiary/aromatic N) is 6. The molecule has 1 unspecified atom stereocenters. The second kappa shape index (κ2) is 5.94. The number of rotatable bonds is 4. The molecule has 0 saturated carbocycles. The summed E-state index contributed by atoms with van der Waals surface area (Å²) >= 11 is 0. The van der Waals surface area contributed by atoms with Crippen LogP contribution in [-0.4, -0.2) is 92.6 Å². The molecule has 1 fully saturated rings. The zero-order chi connectivity index (χ0) is 18.5. The highest BCUT2D eigenvalue weighted by molar-refractivity contribution is 6.23. The first-order chi connectivity index (χ1) is 11.7. The Morgan fingerprint density at radius 2 is 2.08 bits per heavy atom. The number of carboxylic acids is 1. The number of aliphatic carboxylic acids is 1. The Bertz CT molecular complexity index is 753. The third-order valence-electron chi connectivity index (χ3n) is 4.14. The van der Waals surface area contributed by atoms with Crippen LogP contribution < -0.4 is 0 Å². The van der Waals surface area contributed by atoms with E-state index in [0.717, 1.165) is 0 Å². The second-order valence-electron chi connectivity index (χ2n) is 6.77. The maximum Gasteiger partial charge on any atom is 0.417 e. The maximum atomic E-state index is 13.0. The molecule has 134 valence electrons. The molecule has 0 radical (unpaired) electrons. The average Bonchev–Trinajstić information content (AvgIpc) is 2.88. The molecule has 3 heterocycles. The predicted octanol–water partition coefficient (Wildman–Crippen LogP) is -0.538. The van der Waals surface area contributed by atoms with Crippen molar-refractivity contribution in [3.63, 3.8) is 0 Å². The SMILES string of the molecule is CC1=NN(CC(=O)O)C2=[N+](C1)C1C(=O)N(CC(C)C)C(=O)N(C)C1=N2. The molecule has 0 aromatic carbocycles. The molecule has 3 amide bonds. The van der Waals surface area contributed by atoms with Crippen LogP contribution in [0, 0.1) is 5.92 Å². The van der Waals surface area contributed by atoms with E-state index in [2.05, 4.69) is 10.1 Å². The number of carboxylic acid groups (broad SMARTS) is 1. The van der Waals surface area contributed by atoms with Gasteiger partial charge in [0.25, 0.3) is 5.91 Å². The molecule has 1 saturated heterocycles. The van der Waals surface area contributed by atoms with Gasteiger partial charge in [-0.05, 0) is 12.8 Å². The number of hydrogen-bond donors (Lipinski definition) is 1. The summed E-state index contributed by atoms with van der Waals surface area (Å²) in [6.45, 7) is 5.94. The van der Waals surface area contributed by atoms with Gasteiger partial charge in [0.05, 0.1) is 5.71 Å². The number of carbonyl (C=O) groups excluding carboxylic acids is 2. The number of amidine groups is 1. The van der Waals surface area contributed by atoms with Gasteiger partial charge in [0, 0.05) is 13.6 Å². The van der Waals surface area contributed by atoms with E-state index in [4.69, 9.17) is 5.11 Å². The number of imide groups is 1. The predicted molar refractivity (Wildman–Crippen MR) is 88.5 cm³/mol. The van der Waals surface area contributed by atoms with E-state index in [1.165, 1.54) is 14.8 Å². The van der Waals surface area contributed by atoms with E-state index in [1.807, 2.05) is 13.8 Å². The number of carbonyl (C=O) groups is 3. The first-order valence-corrected chi connectivity index (χ1v) is 8.05. The minimum absolute atomic E-state index is 0.137. The van der Waals surface area contributed by atoms with Crippen molar-refractivity contribution in [3.05, 3.63) is 0 Å². The molecular weight excluding hydrogens is 328 g/mol. The largest absolute Gasteiger partial charge is 0.479 e. The van der Waals surface area contributed by atoms with Crippen LogP contribution in [0.3, 0.4) is 0 Å². The maximum absolute atomic E-state index is 13.0. The fourth-order valence-corrected chi connectivity index (χ4v) is 3.17. The third kappa shape index (κ3) is 2.77. The molecule has 0 spiro atoms. The van der Waals surface area contributed by atoms with E-state index in [1.54, 1.807) is 18.5 Å². The number of hydrogen-bond acceptors (Lipinski definition) is 6. The Labute approximate surface area is 144 Å². The fraction of sp³-hybridized carbons (Fsp3) is 0.600. The van der Waals surface area contributed by atoms with E-state index >= 15 is 0 Å². The first-order valence-electron chi connectivity index (χ1n) is 8.05. The summed E-state index contributed by atoms with van der Waals surface area (Å²) in [5, 5.41) is 14.6. The van der Waals surface area contributed by atoms with Crippen molar-refractivity contribution in [2.24, 2.45) is 16.0 Å². The van der Waals surface area contributed by atoms with Gasteiger partial charge < -0.3 is 5.11 Å². The van der Waals surface area contributed by atoms with Crippen molar-refractivity contribution in [3.8, 4) is 0 Å². The molecule has 10 heteroatoms. The van der Waals surface area contributed by atoms with Crippen LogP contribution in [0.15, 0.2) is 10.1 Å². The summed E-state index contributed by atoms with van der Waals surface area (Å²) in [6, 6.07) is -1.16. The number of aliphatic imine (C=N–C) groups is 1. The van der Waals surface area contributed by atoms with Crippen molar-refractivity contribution in [1.82, 2.24) is 14.8 Å². The van der Waals surface area contributed by atoms with Gasteiger partial charge in [0.15, 0.2) is 6.54 Å². The van der Waals surface area contributed by atoms with Crippen LogP contribution in [0.2, 0.25) is 0 Å². The molecule has 0 aromatic heterocycles. The van der Waals surface area contributed by atoms with Gasteiger partial charge in [-0.25, -0.2) is 14.2 Å². The molecule has 0 bridgehead atoms. The van der Waals surface area contributed by atoms with Crippen LogP contribution in [0.1, 0.15) is 20.8 Å². The lowest BCUT2D eigenvalue weighted by Crippen LogP contribution is -2.63. The molecule has 3 aliphatic rings. The smallest absolute Gasteiger partial charge is 0.417 e. The quantitative estimate of drug-likeness (QED) is 0.686. The highest BCUT2D eigenvalue weighted by Crippen LogP contribution is 2.23. The Kier molecular flexibility index (Phi) is 4.05. The van der Waals surface area contributed by atoms with Crippen LogP contribution in [0.5, 0.6) is 0 Å². The summed E-state index contributed by atoms with van der Waals surface area (Å²) in [6.07, 6.45) is 0. The standard InChI is InChI=1S/C15H20N6O4/c1-8(2)5-20-13(24)11-12(18(4)15(20)25)16-14-19(11)6-9(3)17-21(14)7-10(22)23/h8,11H,5-7H2,1-4H3/p+1. The summed E-state index contributed by atoms with van der Waals surface area (Å²) in [5.74, 6) is -0.663. The van der Waals surface area contributed by atoms with Crippen molar-refractivity contribution < 1.29 is 24.1 Å². The summed E-state index contributed by atoms with van der Waals surface area (Å²) < 4.78 is 1.71. The molecular formula is C15H21N6O4+. The topological polar surface area (TPSA) is 109 Å². The van der Waals surface area contributed by atoms with Crippen molar-refractivity contribution in [2.45, 2.75) is 26.8 Å². The normalized spacial score (nSPS) is 23.1. The van der Waals surface area contributed by atoms with E-state index in [0.29, 0.717) is 24.6 Å². The number of likely N-dealkylation sites (N-methyl/N-ethyl adjacent to an activating group) is 1. The van der Waals surface area contributed by atoms with Gasteiger partial charge in [-0.15, -0.1) is 10.1 Å². The highest BCUT2D eigenvalue weighted by Gasteiger charge is 2.54. The molecule has 1 N–H and O–H groups in total. The van der Waals surface area contributed by atoms with Crippen LogP contribution in [-0.2, 0) is 9.59 Å². The van der Waals surface area contributed by atoms with Crippen molar-refractivity contribution in [2.75, 3.05) is 26.7 Å². The van der Waals surface area contributed by atoms with E-state index in [9.17, 15) is 14.4 Å². The van der Waals surface area contributed by atoms with Gasteiger partial charge in [-0.1, -0.05) is 18.8 Å². The van der Waals surface area contributed by atoms with E-state index < -0.39 is 18.0 Å². The minimum atomic E-state index is -1.06. The van der Waals surface area contributed by atoms with Crippen LogP contribution in [0.4, 0.5) is 4.79 Å². The monoisotopic (exact) mass is 349 g/mol. The molecule has 0 aliphatic carbocycles. The Morgan fingerprint density at radius 1 is 1.40 bits per heavy atom. The molecule has 10 nitrogen and oxygen atoms in total. The van der Waals surface area contributed by atoms with Crippen molar-refractivity contribution in [1.29, 1.82) is 0 Å². The lowest BCUT2D eigenvalue weighted by Gasteiger charge is -2.35. The summed E-state index contributed by atoms with van der Waals surface area (Å²) in [5.41, 5.74) is 0.671. The van der Waals surface area contributed by atoms with Gasteiger partial charge >= 0.3 is 18.0 Å². The van der Waals surface area contributed by atoms with Gasteiger partial charge in [0.1, 0.15) is 6.54 Å². The number of fused-ring (bicyclic) bond motifs is 2. The average molecular weight is 349 g/mol. The van der Waals surface area contributed by atoms with Crippen LogP contribution >= 0.6 is 0 Å². The molecule has 1 atom stereocenters. The summed E-state index contributed by atoms with van der Waals surface area (Å²) in [7, 11) is 1.57. The van der Waals surface area contributed by atoms with Crippen molar-refractivity contribution >= 4 is 35.4 Å². The number of urea groups is 1. The Morgan fingerprint density at radius 3 is 2.68 bits per heavy atom. The zero-order valence-electron chi connectivity index (χ0n) is 14.6. The third-order valence-corrected chi connectivity index (χ3v) is 4.14. The molecule has 0 aromatic rings. The molecule has 3 aliphatic heterocycles. The number of hydrazone groups is 1. The van der Waals surface area contributed by atoms with E-state index in [-0.39, 0.29) is 24.3 Å². The lowest BCUT2D eigenvalue weighted by molar-refractivity contribution is -0.527. The fourth-order valence-electron chi connectivity index (χ4n) is 3.17. The summed E-state index contributed by atoms with van der Waals surface area (Å²) in [4.78, 5) is 43.5. The molecule has 3 rings (SSSR count). The lowest BCUT2D eigenvalue weighted by atomic mass is 10.1. The van der Waals surface area contributed by atoms with Gasteiger partial charge in [-0.2, -0.15) is 0 Å². The Hall–Kier alpha value is -2.78. The first kappa shape index (κ1) is 17.1. The van der Waals surface area contributed by atoms with Gasteiger partial charge in [-0.3, -0.25) is 14.6 Å². The zero-order valence-corrected chi connectivity index (χ0v) is 14.6. The number of amides is 3. The highest BCUT2D eigenvalue weighted by atomic mass is 16.4. The number of guanidine groups is 1.